The zero-order chi connectivity index (χ0) is 21.6. The van der Waals surface area contributed by atoms with Crippen molar-refractivity contribution in [1.29, 1.82) is 0 Å². The van der Waals surface area contributed by atoms with Gasteiger partial charge < -0.3 is 20.3 Å². The minimum Gasteiger partial charge on any atom is -0.497 e. The first-order valence-electron chi connectivity index (χ1n) is 9.40. The maximum atomic E-state index is 8.36. The Bertz CT molecular complexity index is 1050. The highest BCUT2D eigenvalue weighted by Gasteiger charge is 2.40. The van der Waals surface area contributed by atoms with Gasteiger partial charge in [-0.2, -0.15) is 0 Å². The van der Waals surface area contributed by atoms with Crippen LogP contribution in [-0.4, -0.2) is 31.3 Å². The molecule has 0 aromatic heterocycles. The summed E-state index contributed by atoms with van der Waals surface area (Å²) in [6.45, 7) is 2.23. The highest BCUT2D eigenvalue weighted by Crippen LogP contribution is 2.39. The van der Waals surface area contributed by atoms with Crippen molar-refractivity contribution in [3.05, 3.63) is 89.5 Å². The van der Waals surface area contributed by atoms with Crippen molar-refractivity contribution < 1.29 is 19.4 Å². The summed E-state index contributed by atoms with van der Waals surface area (Å²) in [6, 6.07) is 25.0. The highest BCUT2D eigenvalue weighted by molar-refractivity contribution is 5.76. The quantitative estimate of drug-likeness (QED) is 0.642. The molecule has 0 radical (unpaired) electrons. The molecule has 30 heavy (non-hydrogen) atoms. The molecule has 0 saturated carbocycles. The third-order valence-corrected chi connectivity index (χ3v) is 4.99. The Morgan fingerprint density at radius 3 is 2.23 bits per heavy atom. The Balaban J connectivity index is 0.000000806. The van der Waals surface area contributed by atoms with Gasteiger partial charge in [0, 0.05) is 0 Å². The van der Waals surface area contributed by atoms with Crippen LogP contribution in [0.25, 0.3) is 11.1 Å². The van der Waals surface area contributed by atoms with Crippen LogP contribution in [0.3, 0.4) is 0 Å². The van der Waals surface area contributed by atoms with Crippen LogP contribution in [-0.2, 0) is 15.1 Å². The SMILES string of the molecule is COc1ccc(C2(c3cccc(-c4cccc(C)c4)c3)COC(N)=N2)cc1.O=CO. The number of amidine groups is 1. The summed E-state index contributed by atoms with van der Waals surface area (Å²) >= 11 is 0. The van der Waals surface area contributed by atoms with Gasteiger partial charge in [0.25, 0.3) is 12.5 Å². The molecule has 0 spiro atoms. The first kappa shape index (κ1) is 20.9. The second-order valence-corrected chi connectivity index (χ2v) is 6.88. The molecule has 1 aliphatic rings. The van der Waals surface area contributed by atoms with E-state index in [9.17, 15) is 0 Å². The first-order chi connectivity index (χ1) is 14.5. The molecule has 1 atom stereocenters. The zero-order valence-electron chi connectivity index (χ0n) is 16.9. The van der Waals surface area contributed by atoms with E-state index in [0.717, 1.165) is 22.4 Å². The number of ether oxygens (including phenoxy) is 2. The fraction of sp³-hybridized carbons (Fsp3) is 0.167. The Morgan fingerprint density at radius 1 is 1.03 bits per heavy atom. The fourth-order valence-electron chi connectivity index (χ4n) is 3.54. The fourth-order valence-corrected chi connectivity index (χ4v) is 3.54. The van der Waals surface area contributed by atoms with Crippen LogP contribution in [0.15, 0.2) is 77.8 Å². The second kappa shape index (κ2) is 9.13. The molecule has 1 aliphatic heterocycles. The van der Waals surface area contributed by atoms with Crippen LogP contribution in [0.1, 0.15) is 16.7 Å². The average molecular weight is 404 g/mol. The summed E-state index contributed by atoms with van der Waals surface area (Å²) in [5.74, 6) is 0.804. The topological polar surface area (TPSA) is 94.1 Å². The largest absolute Gasteiger partial charge is 0.497 e. The van der Waals surface area contributed by atoms with Gasteiger partial charge in [0.1, 0.15) is 12.4 Å². The van der Waals surface area contributed by atoms with Crippen molar-refractivity contribution in [3.8, 4) is 16.9 Å². The van der Waals surface area contributed by atoms with E-state index in [2.05, 4.69) is 55.5 Å². The maximum absolute atomic E-state index is 8.36. The lowest BCUT2D eigenvalue weighted by Crippen LogP contribution is -2.27. The molecule has 154 valence electrons. The summed E-state index contributed by atoms with van der Waals surface area (Å²) in [5.41, 5.74) is 10.9. The maximum Gasteiger partial charge on any atom is 0.290 e. The van der Waals surface area contributed by atoms with Gasteiger partial charge >= 0.3 is 0 Å². The number of hydrogen-bond acceptors (Lipinski definition) is 5. The third-order valence-electron chi connectivity index (χ3n) is 4.99. The van der Waals surface area contributed by atoms with Gasteiger partial charge in [-0.25, -0.2) is 4.99 Å². The smallest absolute Gasteiger partial charge is 0.290 e. The molecule has 6 heteroatoms. The van der Waals surface area contributed by atoms with Gasteiger partial charge in [-0.05, 0) is 47.4 Å². The summed E-state index contributed by atoms with van der Waals surface area (Å²) in [6.07, 6.45) is 0. The molecule has 0 aliphatic carbocycles. The molecule has 3 N–H and O–H groups in total. The van der Waals surface area contributed by atoms with E-state index in [1.807, 2.05) is 24.3 Å². The number of carbonyl (C=O) groups is 1. The molecular formula is C24H24N2O4. The van der Waals surface area contributed by atoms with Crippen LogP contribution in [0.5, 0.6) is 5.75 Å². The van der Waals surface area contributed by atoms with E-state index < -0.39 is 5.54 Å². The summed E-state index contributed by atoms with van der Waals surface area (Å²) < 4.78 is 10.9. The summed E-state index contributed by atoms with van der Waals surface area (Å²) in [7, 11) is 1.66. The van der Waals surface area contributed by atoms with Crippen molar-refractivity contribution in [2.24, 2.45) is 10.7 Å². The molecule has 0 fully saturated rings. The number of hydrogen-bond donors (Lipinski definition) is 2. The molecule has 3 aromatic carbocycles. The monoisotopic (exact) mass is 404 g/mol. The van der Waals surface area contributed by atoms with Gasteiger partial charge in [0.2, 0.25) is 0 Å². The first-order valence-corrected chi connectivity index (χ1v) is 9.40. The minimum absolute atomic E-state index is 0.215. The molecule has 0 amide bonds. The molecule has 0 bridgehead atoms. The number of benzene rings is 3. The second-order valence-electron chi connectivity index (χ2n) is 6.88. The molecule has 6 nitrogen and oxygen atoms in total. The molecular weight excluding hydrogens is 380 g/mol. The molecule has 3 aromatic rings. The Morgan fingerprint density at radius 2 is 1.67 bits per heavy atom. The van der Waals surface area contributed by atoms with Crippen molar-refractivity contribution in [2.75, 3.05) is 13.7 Å². The van der Waals surface area contributed by atoms with Gasteiger partial charge in [0.15, 0.2) is 5.54 Å². The Labute approximate surface area is 175 Å². The number of rotatable bonds is 4. The van der Waals surface area contributed by atoms with E-state index in [1.165, 1.54) is 11.1 Å². The van der Waals surface area contributed by atoms with E-state index in [1.54, 1.807) is 7.11 Å². The van der Waals surface area contributed by atoms with Crippen LogP contribution < -0.4 is 10.5 Å². The number of nitrogens with zero attached hydrogens (tertiary/aromatic N) is 1. The van der Waals surface area contributed by atoms with E-state index in [0.29, 0.717) is 6.61 Å². The van der Waals surface area contributed by atoms with Gasteiger partial charge in [0.05, 0.1) is 7.11 Å². The third kappa shape index (κ3) is 4.27. The average Bonchev–Trinajstić information content (AvgIpc) is 3.17. The Kier molecular flexibility index (Phi) is 6.37. The van der Waals surface area contributed by atoms with Gasteiger partial charge in [-0.3, -0.25) is 4.79 Å². The lowest BCUT2D eigenvalue weighted by Gasteiger charge is -2.26. The van der Waals surface area contributed by atoms with Gasteiger partial charge in [-0.15, -0.1) is 0 Å². The lowest BCUT2D eigenvalue weighted by atomic mass is 9.83. The predicted molar refractivity (Wildman–Crippen MR) is 117 cm³/mol. The molecule has 0 saturated heterocycles. The molecule has 1 heterocycles. The van der Waals surface area contributed by atoms with E-state index >= 15 is 0 Å². The van der Waals surface area contributed by atoms with E-state index in [-0.39, 0.29) is 12.5 Å². The van der Waals surface area contributed by atoms with Crippen LogP contribution in [0.2, 0.25) is 0 Å². The summed E-state index contributed by atoms with van der Waals surface area (Å²) in [5, 5.41) is 6.89. The predicted octanol–water partition coefficient (Wildman–Crippen LogP) is 3.96. The van der Waals surface area contributed by atoms with Crippen LogP contribution in [0.4, 0.5) is 0 Å². The Hall–Kier alpha value is -3.80. The van der Waals surface area contributed by atoms with Crippen molar-refractivity contribution in [2.45, 2.75) is 12.5 Å². The number of carboxylic acid groups (broad SMARTS) is 1. The number of nitrogens with two attached hydrogens (primary N) is 1. The lowest BCUT2D eigenvalue weighted by molar-refractivity contribution is -0.122. The number of methoxy groups -OCH3 is 1. The van der Waals surface area contributed by atoms with Crippen LogP contribution in [0, 0.1) is 6.92 Å². The van der Waals surface area contributed by atoms with Gasteiger partial charge in [-0.1, -0.05) is 60.2 Å². The van der Waals surface area contributed by atoms with Crippen molar-refractivity contribution in [3.63, 3.8) is 0 Å². The summed E-state index contributed by atoms with van der Waals surface area (Å²) in [4.78, 5) is 13.1. The number of aryl methyl sites for hydroxylation is 1. The van der Waals surface area contributed by atoms with Crippen LogP contribution >= 0.6 is 0 Å². The molecule has 1 unspecified atom stereocenters. The minimum atomic E-state index is -0.657. The van der Waals surface area contributed by atoms with Crippen molar-refractivity contribution >= 4 is 12.5 Å². The molecule has 4 rings (SSSR count). The number of aliphatic imine (C=N–C) groups is 1. The van der Waals surface area contributed by atoms with E-state index in [4.69, 9.17) is 30.1 Å². The highest BCUT2D eigenvalue weighted by atomic mass is 16.5. The zero-order valence-corrected chi connectivity index (χ0v) is 16.9. The normalized spacial score (nSPS) is 17.2. The standard InChI is InChI=1S/C23H22N2O2.CH2O2/c1-16-5-3-6-17(13-16)18-7-4-8-20(14-18)23(15-27-22(24)25-23)19-9-11-21(26-2)12-10-19;2-1-3/h3-14H,15H2,1-2H3,(H2,24,25);1H,(H,2,3). The van der Waals surface area contributed by atoms with Crippen molar-refractivity contribution in [1.82, 2.24) is 0 Å².